The van der Waals surface area contributed by atoms with Gasteiger partial charge in [-0.25, -0.2) is 4.98 Å². The zero-order valence-corrected chi connectivity index (χ0v) is 17.8. The fourth-order valence-electron chi connectivity index (χ4n) is 3.97. The molecule has 1 unspecified atom stereocenters. The fourth-order valence-corrected chi connectivity index (χ4v) is 3.97. The summed E-state index contributed by atoms with van der Waals surface area (Å²) in [5.41, 5.74) is 8.57. The van der Waals surface area contributed by atoms with E-state index in [1.165, 1.54) is 0 Å². The van der Waals surface area contributed by atoms with Gasteiger partial charge in [-0.15, -0.1) is 5.10 Å². The number of nitrogen functional groups attached to an aromatic ring is 1. The third-order valence-electron chi connectivity index (χ3n) is 5.63. The average Bonchev–Trinajstić information content (AvgIpc) is 3.38. The lowest BCUT2D eigenvalue weighted by atomic mass is 10.1. The number of nitrogens with zero attached hydrogens (tertiary/aromatic N) is 5. The zero-order valence-electron chi connectivity index (χ0n) is 17.8. The molecule has 1 saturated heterocycles. The summed E-state index contributed by atoms with van der Waals surface area (Å²) in [5, 5.41) is 7.04. The molecule has 1 aromatic carbocycles. The van der Waals surface area contributed by atoms with Gasteiger partial charge in [-0.3, -0.25) is 9.59 Å². The van der Waals surface area contributed by atoms with Crippen molar-refractivity contribution in [1.29, 1.82) is 0 Å². The number of aromatic nitrogens is 4. The second-order valence-corrected chi connectivity index (χ2v) is 7.58. The third kappa shape index (κ3) is 4.00. The summed E-state index contributed by atoms with van der Waals surface area (Å²) in [6.07, 6.45) is 1.54. The molecule has 0 saturated carbocycles. The first-order valence-electron chi connectivity index (χ1n) is 10.1. The molecule has 0 radical (unpaired) electrons. The van der Waals surface area contributed by atoms with Gasteiger partial charge in [0.25, 0.3) is 5.78 Å². The van der Waals surface area contributed by atoms with Crippen molar-refractivity contribution >= 4 is 29.2 Å². The molecule has 0 aliphatic carbocycles. The van der Waals surface area contributed by atoms with Gasteiger partial charge in [-0.05, 0) is 51.0 Å². The number of nitrogens with one attached hydrogen (secondary N) is 1. The van der Waals surface area contributed by atoms with E-state index in [1.807, 2.05) is 13.8 Å². The van der Waals surface area contributed by atoms with Crippen molar-refractivity contribution in [3.63, 3.8) is 0 Å². The minimum atomic E-state index is -0.506. The Morgan fingerprint density at radius 3 is 2.68 bits per heavy atom. The van der Waals surface area contributed by atoms with E-state index in [9.17, 15) is 9.59 Å². The van der Waals surface area contributed by atoms with Crippen molar-refractivity contribution in [3.8, 4) is 5.75 Å². The first-order chi connectivity index (χ1) is 14.9. The number of amides is 2. The predicted octanol–water partition coefficient (Wildman–Crippen LogP) is 1.50. The van der Waals surface area contributed by atoms with Crippen LogP contribution in [0.4, 0.5) is 11.6 Å². The Kier molecular flexibility index (Phi) is 5.45. The maximum absolute atomic E-state index is 13.1. The largest absolute Gasteiger partial charge is 0.497 e. The monoisotopic (exact) mass is 423 g/mol. The molecule has 2 amide bonds. The fraction of sp³-hybridized carbons (Fsp3) is 0.381. The van der Waals surface area contributed by atoms with Crippen LogP contribution in [0.2, 0.25) is 0 Å². The van der Waals surface area contributed by atoms with Crippen molar-refractivity contribution in [1.82, 2.24) is 24.5 Å². The van der Waals surface area contributed by atoms with Gasteiger partial charge in [-0.1, -0.05) is 0 Å². The molecule has 31 heavy (non-hydrogen) atoms. The molecule has 4 rings (SSSR count). The molecule has 3 aromatic rings. The summed E-state index contributed by atoms with van der Waals surface area (Å²) in [6.45, 7) is 4.23. The van der Waals surface area contributed by atoms with Gasteiger partial charge >= 0.3 is 0 Å². The standard InChI is InChI=1S/C21H25N7O3/c1-12-16(13(2)28-21(23-12)25-20(22)26-28)11-18(29)27-10-4-5-17(27)19(30)24-14-6-8-15(31-3)9-7-14/h6-9,17H,4-5,10-11H2,1-3H3,(H2,22,26)(H,24,30). The molecule has 1 fully saturated rings. The molecule has 3 N–H and O–H groups in total. The maximum Gasteiger partial charge on any atom is 0.254 e. The van der Waals surface area contributed by atoms with Crippen molar-refractivity contribution in [2.24, 2.45) is 0 Å². The van der Waals surface area contributed by atoms with Crippen LogP contribution < -0.4 is 15.8 Å². The van der Waals surface area contributed by atoms with Gasteiger partial charge in [0.2, 0.25) is 17.8 Å². The summed E-state index contributed by atoms with van der Waals surface area (Å²) < 4.78 is 6.68. The molecule has 3 heterocycles. The second-order valence-electron chi connectivity index (χ2n) is 7.58. The van der Waals surface area contributed by atoms with Crippen molar-refractivity contribution in [2.75, 3.05) is 24.7 Å². The molecule has 10 heteroatoms. The Balaban J connectivity index is 1.50. The predicted molar refractivity (Wildman–Crippen MR) is 115 cm³/mol. The van der Waals surface area contributed by atoms with E-state index in [-0.39, 0.29) is 24.2 Å². The Labute approximate surface area is 179 Å². The highest BCUT2D eigenvalue weighted by molar-refractivity contribution is 5.97. The highest BCUT2D eigenvalue weighted by atomic mass is 16.5. The normalized spacial score (nSPS) is 16.0. The zero-order chi connectivity index (χ0) is 22.1. The first kappa shape index (κ1) is 20.6. The second kappa shape index (κ2) is 8.21. The number of ether oxygens (including phenoxy) is 1. The van der Waals surface area contributed by atoms with Crippen LogP contribution >= 0.6 is 0 Å². The number of anilines is 2. The van der Waals surface area contributed by atoms with Gasteiger partial charge in [0.1, 0.15) is 11.8 Å². The van der Waals surface area contributed by atoms with E-state index in [4.69, 9.17) is 10.5 Å². The number of hydrogen-bond donors (Lipinski definition) is 2. The lowest BCUT2D eigenvalue weighted by Crippen LogP contribution is -2.44. The Morgan fingerprint density at radius 1 is 1.23 bits per heavy atom. The Hall–Kier alpha value is -3.69. The van der Waals surface area contributed by atoms with Crippen LogP contribution in [-0.4, -0.2) is 56.0 Å². The number of rotatable bonds is 5. The van der Waals surface area contributed by atoms with E-state index in [2.05, 4.69) is 20.4 Å². The number of methoxy groups -OCH3 is 1. The third-order valence-corrected chi connectivity index (χ3v) is 5.63. The number of benzene rings is 1. The number of likely N-dealkylation sites (tertiary alicyclic amines) is 1. The van der Waals surface area contributed by atoms with E-state index >= 15 is 0 Å². The Morgan fingerprint density at radius 2 is 1.97 bits per heavy atom. The molecule has 0 bridgehead atoms. The molecule has 0 spiro atoms. The molecule has 1 aliphatic rings. The lowest BCUT2D eigenvalue weighted by molar-refractivity contribution is -0.136. The van der Waals surface area contributed by atoms with Crippen molar-refractivity contribution < 1.29 is 14.3 Å². The van der Waals surface area contributed by atoms with Gasteiger partial charge in [0.15, 0.2) is 0 Å². The number of aryl methyl sites for hydroxylation is 2. The van der Waals surface area contributed by atoms with Crippen LogP contribution in [0.3, 0.4) is 0 Å². The number of fused-ring (bicyclic) bond motifs is 1. The number of carbonyl (C=O) groups is 2. The first-order valence-corrected chi connectivity index (χ1v) is 10.1. The SMILES string of the molecule is COc1ccc(NC(=O)C2CCCN2C(=O)Cc2c(C)nc3nc(N)nn3c2C)cc1. The van der Waals surface area contributed by atoms with E-state index in [0.717, 1.165) is 17.7 Å². The molecule has 10 nitrogen and oxygen atoms in total. The summed E-state index contributed by atoms with van der Waals surface area (Å²) in [7, 11) is 1.59. The van der Waals surface area contributed by atoms with Crippen LogP contribution in [-0.2, 0) is 16.0 Å². The summed E-state index contributed by atoms with van der Waals surface area (Å²) in [4.78, 5) is 36.1. The smallest absolute Gasteiger partial charge is 0.254 e. The van der Waals surface area contributed by atoms with E-state index in [1.54, 1.807) is 40.8 Å². The van der Waals surface area contributed by atoms with Gasteiger partial charge in [-0.2, -0.15) is 9.50 Å². The summed E-state index contributed by atoms with van der Waals surface area (Å²) >= 11 is 0. The molecule has 2 aromatic heterocycles. The average molecular weight is 423 g/mol. The highest BCUT2D eigenvalue weighted by Gasteiger charge is 2.34. The topological polar surface area (TPSA) is 128 Å². The summed E-state index contributed by atoms with van der Waals surface area (Å²) in [5.74, 6) is 0.936. The molecular formula is C21H25N7O3. The van der Waals surface area contributed by atoms with Gasteiger partial charge < -0.3 is 20.7 Å². The number of carbonyl (C=O) groups excluding carboxylic acids is 2. The molecular weight excluding hydrogens is 398 g/mol. The number of nitrogens with two attached hydrogens (primary N) is 1. The van der Waals surface area contributed by atoms with Crippen LogP contribution in [0, 0.1) is 13.8 Å². The molecule has 1 atom stereocenters. The van der Waals surface area contributed by atoms with E-state index in [0.29, 0.717) is 35.9 Å². The molecule has 162 valence electrons. The lowest BCUT2D eigenvalue weighted by Gasteiger charge is -2.24. The van der Waals surface area contributed by atoms with Crippen LogP contribution in [0.1, 0.15) is 29.8 Å². The summed E-state index contributed by atoms with van der Waals surface area (Å²) in [6, 6.07) is 6.59. The van der Waals surface area contributed by atoms with Crippen LogP contribution in [0.5, 0.6) is 5.75 Å². The van der Waals surface area contributed by atoms with Crippen molar-refractivity contribution in [3.05, 3.63) is 41.2 Å². The Bertz CT molecular complexity index is 1140. The minimum Gasteiger partial charge on any atom is -0.497 e. The van der Waals surface area contributed by atoms with Crippen molar-refractivity contribution in [2.45, 2.75) is 39.2 Å². The minimum absolute atomic E-state index is 0.118. The van der Waals surface area contributed by atoms with Crippen LogP contribution in [0.15, 0.2) is 24.3 Å². The van der Waals surface area contributed by atoms with E-state index < -0.39 is 6.04 Å². The highest BCUT2D eigenvalue weighted by Crippen LogP contribution is 2.23. The molecule has 1 aliphatic heterocycles. The van der Waals surface area contributed by atoms with Crippen LogP contribution in [0.25, 0.3) is 5.78 Å². The maximum atomic E-state index is 13.1. The number of hydrogen-bond acceptors (Lipinski definition) is 7. The van der Waals surface area contributed by atoms with Gasteiger partial charge in [0, 0.05) is 29.2 Å². The van der Waals surface area contributed by atoms with Gasteiger partial charge in [0.05, 0.1) is 13.5 Å². The quantitative estimate of drug-likeness (QED) is 0.636.